The number of carbonyl (C=O) groups is 1. The number of nitrogens with one attached hydrogen (secondary N) is 1. The zero-order chi connectivity index (χ0) is 7.82. The van der Waals surface area contributed by atoms with Gasteiger partial charge in [-0.3, -0.25) is 4.79 Å². The number of carbonyl (C=O) groups excluding carboxylic acids is 1. The molecule has 0 aromatic rings. The van der Waals surface area contributed by atoms with Gasteiger partial charge in [0.15, 0.2) is 0 Å². The maximum Gasteiger partial charge on any atom is 0.220 e. The molecule has 10 heavy (non-hydrogen) atoms. The largest absolute Gasteiger partial charge is 0.356 e. The molecule has 1 radical (unpaired) electrons. The van der Waals surface area contributed by atoms with Crippen molar-refractivity contribution >= 4 is 5.91 Å². The molecule has 0 unspecified atom stereocenters. The Morgan fingerprint density at radius 1 is 1.40 bits per heavy atom. The van der Waals surface area contributed by atoms with Crippen molar-refractivity contribution in [2.75, 3.05) is 6.54 Å². The van der Waals surface area contributed by atoms with Crippen LogP contribution in [0.1, 0.15) is 32.6 Å². The summed E-state index contributed by atoms with van der Waals surface area (Å²) in [6, 6.07) is 0. The predicted octanol–water partition coefficient (Wildman–Crippen LogP) is 1.52. The summed E-state index contributed by atoms with van der Waals surface area (Å²) in [5.74, 6) is -0.170. The van der Waals surface area contributed by atoms with Gasteiger partial charge in [-0.2, -0.15) is 0 Å². The monoisotopic (exact) mass is 142 g/mol. The van der Waals surface area contributed by atoms with Gasteiger partial charge in [-0.05, 0) is 6.42 Å². The van der Waals surface area contributed by atoms with E-state index in [0.29, 0.717) is 0 Å². The molecule has 0 aromatic carbocycles. The molecule has 1 N–H and O–H groups in total. The van der Waals surface area contributed by atoms with Crippen molar-refractivity contribution in [2.24, 2.45) is 0 Å². The van der Waals surface area contributed by atoms with Crippen molar-refractivity contribution in [3.05, 3.63) is 6.92 Å². The molecular formula is C8H16NO. The number of unbranched alkanes of at least 4 members (excludes halogenated alkanes) is 3. The first-order valence-corrected chi connectivity index (χ1v) is 3.87. The zero-order valence-corrected chi connectivity index (χ0v) is 6.65. The fourth-order valence-electron chi connectivity index (χ4n) is 0.780. The van der Waals surface area contributed by atoms with Crippen molar-refractivity contribution in [2.45, 2.75) is 32.6 Å². The zero-order valence-electron chi connectivity index (χ0n) is 6.65. The predicted molar refractivity (Wildman–Crippen MR) is 42.5 cm³/mol. The second-order valence-corrected chi connectivity index (χ2v) is 2.41. The molecule has 2 nitrogen and oxygen atoms in total. The minimum atomic E-state index is -0.170. The summed E-state index contributed by atoms with van der Waals surface area (Å²) in [7, 11) is 0. The minimum absolute atomic E-state index is 0.170. The van der Waals surface area contributed by atoms with Crippen molar-refractivity contribution in [3.8, 4) is 0 Å². The van der Waals surface area contributed by atoms with Gasteiger partial charge in [0.25, 0.3) is 0 Å². The van der Waals surface area contributed by atoms with E-state index < -0.39 is 0 Å². The van der Waals surface area contributed by atoms with Crippen LogP contribution in [0.5, 0.6) is 0 Å². The van der Waals surface area contributed by atoms with E-state index in [1.165, 1.54) is 19.3 Å². The fraction of sp³-hybridized carbons (Fsp3) is 0.750. The van der Waals surface area contributed by atoms with Crippen LogP contribution in [0.3, 0.4) is 0 Å². The van der Waals surface area contributed by atoms with E-state index in [1.54, 1.807) is 0 Å². The number of hydrogen-bond acceptors (Lipinski definition) is 1. The Kier molecular flexibility index (Phi) is 6.24. The standard InChI is InChI=1S/C8H16NO/c1-3-4-5-6-7-9-8(2)10/h2-7H2,1H3,(H,9,10). The van der Waals surface area contributed by atoms with Crippen molar-refractivity contribution < 1.29 is 4.79 Å². The van der Waals surface area contributed by atoms with Crippen LogP contribution >= 0.6 is 0 Å². The van der Waals surface area contributed by atoms with Crippen molar-refractivity contribution in [1.82, 2.24) is 5.32 Å². The van der Waals surface area contributed by atoms with Gasteiger partial charge >= 0.3 is 0 Å². The fourth-order valence-corrected chi connectivity index (χ4v) is 0.780. The Bertz CT molecular complexity index is 91.3. The van der Waals surface area contributed by atoms with E-state index in [1.807, 2.05) is 0 Å². The molecule has 0 saturated heterocycles. The minimum Gasteiger partial charge on any atom is -0.356 e. The van der Waals surface area contributed by atoms with E-state index in [-0.39, 0.29) is 5.91 Å². The highest BCUT2D eigenvalue weighted by Gasteiger charge is 1.89. The molecule has 0 aliphatic rings. The van der Waals surface area contributed by atoms with E-state index in [2.05, 4.69) is 19.2 Å². The average molecular weight is 142 g/mol. The molecule has 0 heterocycles. The molecule has 0 aromatic heterocycles. The van der Waals surface area contributed by atoms with E-state index in [0.717, 1.165) is 13.0 Å². The molecule has 0 aliphatic carbocycles. The maximum atomic E-state index is 10.3. The molecule has 0 fully saturated rings. The number of hydrogen-bond donors (Lipinski definition) is 1. The van der Waals surface area contributed by atoms with Crippen LogP contribution in [0.4, 0.5) is 0 Å². The third-order valence-electron chi connectivity index (χ3n) is 1.35. The summed E-state index contributed by atoms with van der Waals surface area (Å²) in [5.41, 5.74) is 0. The Morgan fingerprint density at radius 2 is 2.10 bits per heavy atom. The lowest BCUT2D eigenvalue weighted by atomic mass is 10.2. The molecule has 0 aliphatic heterocycles. The molecule has 1 amide bonds. The number of rotatable bonds is 5. The molecule has 0 atom stereocenters. The van der Waals surface area contributed by atoms with Gasteiger partial charge in [0, 0.05) is 13.5 Å². The van der Waals surface area contributed by atoms with Crippen LogP contribution in [0.15, 0.2) is 0 Å². The van der Waals surface area contributed by atoms with Crippen LogP contribution in [-0.2, 0) is 4.79 Å². The van der Waals surface area contributed by atoms with E-state index >= 15 is 0 Å². The van der Waals surface area contributed by atoms with E-state index in [9.17, 15) is 4.79 Å². The summed E-state index contributed by atoms with van der Waals surface area (Å²) in [6.45, 7) is 6.15. The molecular weight excluding hydrogens is 126 g/mol. The first kappa shape index (κ1) is 9.47. The van der Waals surface area contributed by atoms with Crippen molar-refractivity contribution in [3.63, 3.8) is 0 Å². The molecule has 0 bridgehead atoms. The normalized spacial score (nSPS) is 9.40. The number of amides is 1. The first-order chi connectivity index (χ1) is 4.77. The maximum absolute atomic E-state index is 10.3. The van der Waals surface area contributed by atoms with Gasteiger partial charge in [0.05, 0.1) is 0 Å². The van der Waals surface area contributed by atoms with Gasteiger partial charge < -0.3 is 5.32 Å². The Balaban J connectivity index is 2.84. The summed E-state index contributed by atoms with van der Waals surface area (Å²) in [6.07, 6.45) is 4.78. The second-order valence-electron chi connectivity index (χ2n) is 2.41. The van der Waals surface area contributed by atoms with Crippen molar-refractivity contribution in [1.29, 1.82) is 0 Å². The van der Waals surface area contributed by atoms with Crippen LogP contribution in [0.2, 0.25) is 0 Å². The lowest BCUT2D eigenvalue weighted by molar-refractivity contribution is -0.116. The van der Waals surface area contributed by atoms with Gasteiger partial charge in [-0.25, -0.2) is 0 Å². The Hall–Kier alpha value is -0.530. The summed E-state index contributed by atoms with van der Waals surface area (Å²) in [4.78, 5) is 10.3. The van der Waals surface area contributed by atoms with Gasteiger partial charge in [0.2, 0.25) is 5.91 Å². The second kappa shape index (κ2) is 6.59. The van der Waals surface area contributed by atoms with Gasteiger partial charge in [-0.15, -0.1) is 0 Å². The molecule has 0 rings (SSSR count). The summed E-state index contributed by atoms with van der Waals surface area (Å²) in [5, 5.41) is 2.65. The van der Waals surface area contributed by atoms with Crippen LogP contribution < -0.4 is 5.32 Å². The third-order valence-corrected chi connectivity index (χ3v) is 1.35. The highest BCUT2D eigenvalue weighted by molar-refractivity contribution is 5.79. The van der Waals surface area contributed by atoms with E-state index in [4.69, 9.17) is 0 Å². The SMILES string of the molecule is [CH2]C(=O)NCCCCCC. The quantitative estimate of drug-likeness (QED) is 0.579. The summed E-state index contributed by atoms with van der Waals surface area (Å²) < 4.78 is 0. The molecule has 0 spiro atoms. The average Bonchev–Trinajstić information content (AvgIpc) is 1.87. The smallest absolute Gasteiger partial charge is 0.220 e. The lowest BCUT2D eigenvalue weighted by Gasteiger charge is -1.99. The summed E-state index contributed by atoms with van der Waals surface area (Å²) >= 11 is 0. The highest BCUT2D eigenvalue weighted by atomic mass is 16.1. The van der Waals surface area contributed by atoms with Crippen LogP contribution in [-0.4, -0.2) is 12.5 Å². The Morgan fingerprint density at radius 3 is 2.60 bits per heavy atom. The van der Waals surface area contributed by atoms with Gasteiger partial charge in [-0.1, -0.05) is 26.2 Å². The van der Waals surface area contributed by atoms with Crippen LogP contribution in [0, 0.1) is 6.92 Å². The third kappa shape index (κ3) is 7.47. The first-order valence-electron chi connectivity index (χ1n) is 3.87. The Labute approximate surface area is 63.0 Å². The highest BCUT2D eigenvalue weighted by Crippen LogP contribution is 1.96. The molecule has 0 saturated carbocycles. The lowest BCUT2D eigenvalue weighted by Crippen LogP contribution is -2.20. The van der Waals surface area contributed by atoms with Crippen LogP contribution in [0.25, 0.3) is 0 Å². The molecule has 2 heteroatoms. The topological polar surface area (TPSA) is 29.1 Å². The molecule has 59 valence electrons. The van der Waals surface area contributed by atoms with Gasteiger partial charge in [0.1, 0.15) is 0 Å².